The van der Waals surface area contributed by atoms with Gasteiger partial charge in [0.1, 0.15) is 0 Å². The normalized spacial score (nSPS) is 11.8. The predicted molar refractivity (Wildman–Crippen MR) is 81.0 cm³/mol. The van der Waals surface area contributed by atoms with Crippen LogP contribution in [0.4, 0.5) is 5.69 Å². The van der Waals surface area contributed by atoms with Crippen molar-refractivity contribution in [1.29, 1.82) is 0 Å². The molecule has 0 aliphatic carbocycles. The summed E-state index contributed by atoms with van der Waals surface area (Å²) in [5.74, 6) is 0. The maximum absolute atomic E-state index is 12.4. The van der Waals surface area contributed by atoms with Gasteiger partial charge in [0.15, 0.2) is 0 Å². The minimum atomic E-state index is -3.55. The van der Waals surface area contributed by atoms with E-state index in [1.54, 1.807) is 30.3 Å². The first-order valence-corrected chi connectivity index (χ1v) is 7.78. The van der Waals surface area contributed by atoms with Crippen molar-refractivity contribution in [1.82, 2.24) is 4.31 Å². The molecule has 0 bridgehead atoms. The second-order valence-electron chi connectivity index (χ2n) is 4.42. The Morgan fingerprint density at radius 3 is 2.30 bits per heavy atom. The maximum atomic E-state index is 12.4. The van der Waals surface area contributed by atoms with Crippen LogP contribution < -0.4 is 5.73 Å². The molecule has 0 spiro atoms. The summed E-state index contributed by atoms with van der Waals surface area (Å²) in [6.45, 7) is 0.215. The molecule has 4 nitrogen and oxygen atoms in total. The number of halogens is 1. The summed E-state index contributed by atoms with van der Waals surface area (Å²) in [4.78, 5) is 0.209. The van der Waals surface area contributed by atoms with Crippen LogP contribution in [0.2, 0.25) is 5.02 Å². The van der Waals surface area contributed by atoms with Gasteiger partial charge in [-0.05, 0) is 35.9 Å². The van der Waals surface area contributed by atoms with Crippen molar-refractivity contribution in [3.05, 3.63) is 59.1 Å². The Morgan fingerprint density at radius 2 is 1.70 bits per heavy atom. The minimum absolute atomic E-state index is 0.209. The van der Waals surface area contributed by atoms with E-state index in [2.05, 4.69) is 0 Å². The molecule has 0 aromatic heterocycles. The van der Waals surface area contributed by atoms with Gasteiger partial charge < -0.3 is 5.73 Å². The average molecular weight is 311 g/mol. The van der Waals surface area contributed by atoms with Gasteiger partial charge in [0.25, 0.3) is 0 Å². The van der Waals surface area contributed by atoms with Crippen LogP contribution in [0.25, 0.3) is 0 Å². The molecule has 0 heterocycles. The first-order valence-electron chi connectivity index (χ1n) is 5.96. The molecule has 0 amide bonds. The number of sulfonamides is 1. The van der Waals surface area contributed by atoms with Crippen molar-refractivity contribution < 1.29 is 8.42 Å². The van der Waals surface area contributed by atoms with E-state index in [1.165, 1.54) is 23.5 Å². The fourth-order valence-electron chi connectivity index (χ4n) is 1.77. The van der Waals surface area contributed by atoms with E-state index in [-0.39, 0.29) is 11.4 Å². The van der Waals surface area contributed by atoms with Gasteiger partial charge in [0, 0.05) is 24.3 Å². The van der Waals surface area contributed by atoms with Crippen molar-refractivity contribution in [2.45, 2.75) is 11.4 Å². The Kier molecular flexibility index (Phi) is 4.32. The second-order valence-corrected chi connectivity index (χ2v) is 6.87. The van der Waals surface area contributed by atoms with Crippen molar-refractivity contribution >= 4 is 27.3 Å². The largest absolute Gasteiger partial charge is 0.399 e. The van der Waals surface area contributed by atoms with Crippen LogP contribution in [0.5, 0.6) is 0 Å². The molecule has 2 aromatic carbocycles. The van der Waals surface area contributed by atoms with E-state index in [0.29, 0.717) is 10.7 Å². The molecule has 0 radical (unpaired) electrons. The van der Waals surface area contributed by atoms with Gasteiger partial charge >= 0.3 is 0 Å². The Hall–Kier alpha value is -1.56. The van der Waals surface area contributed by atoms with E-state index >= 15 is 0 Å². The van der Waals surface area contributed by atoms with Gasteiger partial charge in [-0.25, -0.2) is 8.42 Å². The molecule has 6 heteroatoms. The van der Waals surface area contributed by atoms with Crippen LogP contribution in [-0.4, -0.2) is 19.8 Å². The van der Waals surface area contributed by atoms with Crippen LogP contribution in [-0.2, 0) is 16.6 Å². The van der Waals surface area contributed by atoms with Crippen LogP contribution >= 0.6 is 11.6 Å². The number of nitrogens with two attached hydrogens (primary N) is 1. The minimum Gasteiger partial charge on any atom is -0.399 e. The summed E-state index contributed by atoms with van der Waals surface area (Å²) in [7, 11) is -2.03. The lowest BCUT2D eigenvalue weighted by atomic mass is 10.2. The molecular formula is C14H15ClN2O2S. The summed E-state index contributed by atoms with van der Waals surface area (Å²) in [5.41, 5.74) is 6.85. The van der Waals surface area contributed by atoms with Crippen molar-refractivity contribution in [2.75, 3.05) is 12.8 Å². The molecule has 2 aromatic rings. The lowest BCUT2D eigenvalue weighted by Crippen LogP contribution is -2.26. The zero-order valence-corrected chi connectivity index (χ0v) is 12.5. The fraction of sp³-hybridized carbons (Fsp3) is 0.143. The first-order chi connectivity index (χ1) is 9.41. The van der Waals surface area contributed by atoms with Crippen LogP contribution in [0, 0.1) is 0 Å². The summed E-state index contributed by atoms with van der Waals surface area (Å²) in [6.07, 6.45) is 0. The van der Waals surface area contributed by atoms with Crippen molar-refractivity contribution in [3.63, 3.8) is 0 Å². The van der Waals surface area contributed by atoms with Crippen LogP contribution in [0.3, 0.4) is 0 Å². The number of nitrogen functional groups attached to an aromatic ring is 1. The highest BCUT2D eigenvalue weighted by molar-refractivity contribution is 7.89. The molecule has 0 aliphatic heterocycles. The zero-order valence-electron chi connectivity index (χ0n) is 11.0. The number of hydrogen-bond acceptors (Lipinski definition) is 3. The summed E-state index contributed by atoms with van der Waals surface area (Å²) >= 11 is 6.05. The second kappa shape index (κ2) is 5.83. The highest BCUT2D eigenvalue weighted by Crippen LogP contribution is 2.21. The van der Waals surface area contributed by atoms with Gasteiger partial charge in [-0.15, -0.1) is 0 Å². The summed E-state index contributed by atoms with van der Waals surface area (Å²) in [5, 5.41) is 0.548. The molecule has 20 heavy (non-hydrogen) atoms. The van der Waals surface area contributed by atoms with E-state index in [0.717, 1.165) is 5.56 Å². The van der Waals surface area contributed by atoms with Gasteiger partial charge in [-0.3, -0.25) is 0 Å². The lowest BCUT2D eigenvalue weighted by molar-refractivity contribution is 0.467. The fourth-order valence-corrected chi connectivity index (χ4v) is 3.12. The predicted octanol–water partition coefficient (Wildman–Crippen LogP) is 2.74. The van der Waals surface area contributed by atoms with Gasteiger partial charge in [0.2, 0.25) is 10.0 Å². The van der Waals surface area contributed by atoms with Crippen molar-refractivity contribution in [2.24, 2.45) is 0 Å². The molecular weight excluding hydrogens is 296 g/mol. The molecule has 106 valence electrons. The quantitative estimate of drug-likeness (QED) is 0.883. The monoisotopic (exact) mass is 310 g/mol. The molecule has 0 aliphatic rings. The number of rotatable bonds is 4. The number of hydrogen-bond donors (Lipinski definition) is 1. The Balaban J connectivity index is 2.26. The molecule has 0 unspecified atom stereocenters. The molecule has 0 saturated carbocycles. The molecule has 2 N–H and O–H groups in total. The summed E-state index contributed by atoms with van der Waals surface area (Å²) < 4.78 is 26.1. The van der Waals surface area contributed by atoms with Gasteiger partial charge in [0.05, 0.1) is 4.90 Å². The first kappa shape index (κ1) is 14.8. The Bertz CT molecular complexity index is 699. The molecule has 2 rings (SSSR count). The zero-order chi connectivity index (χ0) is 14.8. The third-order valence-corrected chi connectivity index (χ3v) is 5.13. The molecule has 0 atom stereocenters. The lowest BCUT2D eigenvalue weighted by Gasteiger charge is -2.18. The Morgan fingerprint density at radius 1 is 1.10 bits per heavy atom. The van der Waals surface area contributed by atoms with Gasteiger partial charge in [-0.1, -0.05) is 29.8 Å². The summed E-state index contributed by atoms with van der Waals surface area (Å²) in [6, 6.07) is 13.3. The average Bonchev–Trinajstić information content (AvgIpc) is 2.41. The van der Waals surface area contributed by atoms with Crippen LogP contribution in [0.15, 0.2) is 53.4 Å². The third kappa shape index (κ3) is 3.12. The smallest absolute Gasteiger partial charge is 0.243 e. The van der Waals surface area contributed by atoms with Crippen molar-refractivity contribution in [3.8, 4) is 0 Å². The van der Waals surface area contributed by atoms with Crippen LogP contribution in [0.1, 0.15) is 5.56 Å². The number of nitrogens with zero attached hydrogens (tertiary/aromatic N) is 1. The third-order valence-electron chi connectivity index (χ3n) is 2.94. The maximum Gasteiger partial charge on any atom is 0.243 e. The number of benzene rings is 2. The van der Waals surface area contributed by atoms with Gasteiger partial charge in [-0.2, -0.15) is 4.31 Å². The standard InChI is InChI=1S/C14H15ClN2O2S/c1-17(10-11-4-2-3-5-14(11)15)20(18,19)13-8-6-12(16)7-9-13/h2-9H,10,16H2,1H3. The van der Waals surface area contributed by atoms with E-state index in [1.807, 2.05) is 6.07 Å². The highest BCUT2D eigenvalue weighted by atomic mass is 35.5. The van der Waals surface area contributed by atoms with E-state index in [4.69, 9.17) is 17.3 Å². The molecule has 0 saturated heterocycles. The van der Waals surface area contributed by atoms with E-state index < -0.39 is 10.0 Å². The number of anilines is 1. The molecule has 0 fully saturated rings. The Labute approximate surface area is 123 Å². The van der Waals surface area contributed by atoms with E-state index in [9.17, 15) is 8.42 Å². The topological polar surface area (TPSA) is 63.4 Å². The highest BCUT2D eigenvalue weighted by Gasteiger charge is 2.21. The SMILES string of the molecule is CN(Cc1ccccc1Cl)S(=O)(=O)c1ccc(N)cc1.